The minimum Gasteiger partial charge on any atom is -0.389 e. The Labute approximate surface area is 118 Å². The van der Waals surface area contributed by atoms with Crippen molar-refractivity contribution >= 4 is 17.3 Å². The van der Waals surface area contributed by atoms with Crippen molar-refractivity contribution in [1.29, 1.82) is 0 Å². The van der Waals surface area contributed by atoms with E-state index in [2.05, 4.69) is 10.3 Å². The molecule has 2 N–H and O–H groups in total. The van der Waals surface area contributed by atoms with Gasteiger partial charge in [0.2, 0.25) is 0 Å². The summed E-state index contributed by atoms with van der Waals surface area (Å²) in [6.07, 6.45) is 0. The Morgan fingerprint density at radius 2 is 2.10 bits per heavy atom. The molecule has 0 saturated heterocycles. The third-order valence-electron chi connectivity index (χ3n) is 2.65. The van der Waals surface area contributed by atoms with Gasteiger partial charge < -0.3 is 15.3 Å². The molecule has 7 heteroatoms. The highest BCUT2D eigenvalue weighted by Crippen LogP contribution is 2.24. The number of rotatable bonds is 7. The summed E-state index contributed by atoms with van der Waals surface area (Å²) >= 11 is 0. The molecule has 0 fully saturated rings. The molecule has 0 amide bonds. The van der Waals surface area contributed by atoms with Crippen LogP contribution < -0.4 is 10.2 Å². The number of hydrogen-bond acceptors (Lipinski definition) is 6. The average molecular weight is 282 g/mol. The highest BCUT2D eigenvalue weighted by Gasteiger charge is 2.21. The highest BCUT2D eigenvalue weighted by atomic mass is 16.6. The lowest BCUT2D eigenvalue weighted by Gasteiger charge is -2.29. The number of anilines is 2. The van der Waals surface area contributed by atoms with Crippen molar-refractivity contribution in [2.24, 2.45) is 0 Å². The van der Waals surface area contributed by atoms with Crippen molar-refractivity contribution in [2.75, 3.05) is 29.9 Å². The minimum atomic E-state index is -0.902. The van der Waals surface area contributed by atoms with Crippen molar-refractivity contribution in [2.45, 2.75) is 33.3 Å². The predicted octanol–water partition coefficient (Wildman–Crippen LogP) is 2.02. The second-order valence-corrected chi connectivity index (χ2v) is 5.18. The molecule has 1 aromatic rings. The van der Waals surface area contributed by atoms with Gasteiger partial charge in [0, 0.05) is 19.6 Å². The zero-order chi connectivity index (χ0) is 15.3. The lowest BCUT2D eigenvalue weighted by Crippen LogP contribution is -2.39. The first-order valence-electron chi connectivity index (χ1n) is 6.64. The Morgan fingerprint density at radius 3 is 2.55 bits per heavy atom. The molecule has 1 aromatic heterocycles. The SMILES string of the molecule is CCNc1cc([N+](=O)[O-])cc(N(CC)CC(C)(C)O)n1. The molecule has 1 heterocycles. The standard InChI is InChI=1S/C13H22N4O3/c1-5-14-11-7-10(17(19)20)8-12(15-11)16(6-2)9-13(3,4)18/h7-8,18H,5-6,9H2,1-4H3,(H,14,15). The van der Waals surface area contributed by atoms with Crippen LogP contribution in [0.4, 0.5) is 17.3 Å². The number of nitro groups is 1. The Morgan fingerprint density at radius 1 is 1.45 bits per heavy atom. The third kappa shape index (κ3) is 4.65. The molecule has 7 nitrogen and oxygen atoms in total. The molecule has 0 aliphatic heterocycles. The van der Waals surface area contributed by atoms with Crippen LogP contribution in [0.5, 0.6) is 0 Å². The van der Waals surface area contributed by atoms with Gasteiger partial charge >= 0.3 is 0 Å². The van der Waals surface area contributed by atoms with Crippen molar-refractivity contribution in [1.82, 2.24) is 4.98 Å². The van der Waals surface area contributed by atoms with Gasteiger partial charge in [-0.25, -0.2) is 4.98 Å². The molecule has 0 saturated carbocycles. The zero-order valence-corrected chi connectivity index (χ0v) is 12.4. The highest BCUT2D eigenvalue weighted by molar-refractivity contribution is 5.56. The van der Waals surface area contributed by atoms with E-state index in [-0.39, 0.29) is 5.69 Å². The van der Waals surface area contributed by atoms with E-state index in [4.69, 9.17) is 0 Å². The average Bonchev–Trinajstić information content (AvgIpc) is 2.34. The number of hydrogen-bond donors (Lipinski definition) is 2. The van der Waals surface area contributed by atoms with Gasteiger partial charge in [-0.15, -0.1) is 0 Å². The maximum Gasteiger partial charge on any atom is 0.276 e. The Bertz CT molecular complexity index is 471. The minimum absolute atomic E-state index is 0.0138. The molecule has 112 valence electrons. The molecular formula is C13H22N4O3. The topological polar surface area (TPSA) is 91.5 Å². The summed E-state index contributed by atoms with van der Waals surface area (Å²) in [6.45, 7) is 8.78. The van der Waals surface area contributed by atoms with Gasteiger partial charge in [0.05, 0.1) is 22.7 Å². The summed E-state index contributed by atoms with van der Waals surface area (Å²) in [4.78, 5) is 16.7. The number of aromatic nitrogens is 1. The van der Waals surface area contributed by atoms with Crippen molar-refractivity contribution in [3.8, 4) is 0 Å². The fraction of sp³-hybridized carbons (Fsp3) is 0.615. The van der Waals surface area contributed by atoms with Gasteiger partial charge in [0.15, 0.2) is 0 Å². The normalized spacial score (nSPS) is 11.2. The fourth-order valence-electron chi connectivity index (χ4n) is 1.86. The van der Waals surface area contributed by atoms with E-state index in [1.54, 1.807) is 13.8 Å². The van der Waals surface area contributed by atoms with Crippen LogP contribution in [0.1, 0.15) is 27.7 Å². The number of aliphatic hydroxyl groups is 1. The molecule has 0 aliphatic rings. The van der Waals surface area contributed by atoms with Crippen LogP contribution in [0.25, 0.3) is 0 Å². The molecule has 0 spiro atoms. The van der Waals surface area contributed by atoms with Crippen molar-refractivity contribution in [3.05, 3.63) is 22.2 Å². The van der Waals surface area contributed by atoms with Crippen LogP contribution in [0.3, 0.4) is 0 Å². The molecule has 0 radical (unpaired) electrons. The van der Waals surface area contributed by atoms with Crippen LogP contribution in [0, 0.1) is 10.1 Å². The van der Waals surface area contributed by atoms with E-state index in [0.29, 0.717) is 31.3 Å². The zero-order valence-electron chi connectivity index (χ0n) is 12.4. The fourth-order valence-corrected chi connectivity index (χ4v) is 1.86. The third-order valence-corrected chi connectivity index (χ3v) is 2.65. The Hall–Kier alpha value is -1.89. The maximum atomic E-state index is 11.0. The summed E-state index contributed by atoms with van der Waals surface area (Å²) in [5, 5.41) is 23.9. The van der Waals surface area contributed by atoms with E-state index in [1.165, 1.54) is 12.1 Å². The predicted molar refractivity (Wildman–Crippen MR) is 79.2 cm³/mol. The first-order chi connectivity index (χ1) is 9.26. The van der Waals surface area contributed by atoms with Gasteiger partial charge in [0.25, 0.3) is 5.69 Å². The number of pyridine rings is 1. The summed E-state index contributed by atoms with van der Waals surface area (Å²) in [6, 6.07) is 2.83. The molecular weight excluding hydrogens is 260 g/mol. The van der Waals surface area contributed by atoms with E-state index in [1.807, 2.05) is 18.7 Å². The van der Waals surface area contributed by atoms with Gasteiger partial charge in [-0.2, -0.15) is 0 Å². The monoisotopic (exact) mass is 282 g/mol. The van der Waals surface area contributed by atoms with Gasteiger partial charge in [0.1, 0.15) is 11.6 Å². The number of likely N-dealkylation sites (N-methyl/N-ethyl adjacent to an activating group) is 1. The molecule has 0 atom stereocenters. The quantitative estimate of drug-likeness (QED) is 0.587. The summed E-state index contributed by atoms with van der Waals surface area (Å²) in [5.74, 6) is 0.950. The molecule has 0 unspecified atom stereocenters. The van der Waals surface area contributed by atoms with E-state index >= 15 is 0 Å². The van der Waals surface area contributed by atoms with E-state index < -0.39 is 10.5 Å². The largest absolute Gasteiger partial charge is 0.389 e. The lowest BCUT2D eigenvalue weighted by atomic mass is 10.1. The van der Waals surface area contributed by atoms with Crippen LogP contribution in [0.2, 0.25) is 0 Å². The van der Waals surface area contributed by atoms with Gasteiger partial charge in [-0.3, -0.25) is 10.1 Å². The van der Waals surface area contributed by atoms with E-state index in [9.17, 15) is 15.2 Å². The van der Waals surface area contributed by atoms with Crippen LogP contribution >= 0.6 is 0 Å². The van der Waals surface area contributed by atoms with Crippen LogP contribution in [0.15, 0.2) is 12.1 Å². The summed E-state index contributed by atoms with van der Waals surface area (Å²) in [7, 11) is 0. The van der Waals surface area contributed by atoms with Crippen LogP contribution in [-0.4, -0.2) is 40.2 Å². The number of nitrogens with one attached hydrogen (secondary N) is 1. The first-order valence-corrected chi connectivity index (χ1v) is 6.64. The maximum absolute atomic E-state index is 11.0. The summed E-state index contributed by atoms with van der Waals surface area (Å²) in [5.41, 5.74) is -0.916. The first kappa shape index (κ1) is 16.2. The number of nitrogens with zero attached hydrogens (tertiary/aromatic N) is 3. The Kier molecular flexibility index (Phi) is 5.26. The molecule has 0 aliphatic carbocycles. The Balaban J connectivity index is 3.16. The van der Waals surface area contributed by atoms with E-state index in [0.717, 1.165) is 0 Å². The smallest absolute Gasteiger partial charge is 0.276 e. The van der Waals surface area contributed by atoms with Gasteiger partial charge in [-0.1, -0.05) is 0 Å². The second-order valence-electron chi connectivity index (χ2n) is 5.18. The molecule has 20 heavy (non-hydrogen) atoms. The molecule has 1 rings (SSSR count). The molecule has 0 aromatic carbocycles. The lowest BCUT2D eigenvalue weighted by molar-refractivity contribution is -0.384. The molecule has 0 bridgehead atoms. The van der Waals surface area contributed by atoms with Crippen molar-refractivity contribution < 1.29 is 10.0 Å². The summed E-state index contributed by atoms with van der Waals surface area (Å²) < 4.78 is 0. The van der Waals surface area contributed by atoms with Crippen molar-refractivity contribution in [3.63, 3.8) is 0 Å². The van der Waals surface area contributed by atoms with Crippen LogP contribution in [-0.2, 0) is 0 Å². The second kappa shape index (κ2) is 6.51. The van der Waals surface area contributed by atoms with Gasteiger partial charge in [-0.05, 0) is 27.7 Å².